The molecule has 0 aliphatic rings. The van der Waals surface area contributed by atoms with Crippen LogP contribution < -0.4 is 10.1 Å². The Hall–Kier alpha value is -2.08. The Labute approximate surface area is 142 Å². The van der Waals surface area contributed by atoms with Crippen LogP contribution in [-0.2, 0) is 6.54 Å². The number of aliphatic imine (C=N–C) groups is 1. The molecule has 1 heterocycles. The minimum Gasteiger partial charge on any atom is -0.492 e. The van der Waals surface area contributed by atoms with Crippen LogP contribution in [0.5, 0.6) is 5.75 Å². The summed E-state index contributed by atoms with van der Waals surface area (Å²) in [4.78, 5) is 12.2. The van der Waals surface area contributed by atoms with Gasteiger partial charge in [0.25, 0.3) is 0 Å². The maximum absolute atomic E-state index is 5.72. The first-order valence-electron chi connectivity index (χ1n) is 7.62. The Bertz CT molecular complexity index is 620. The molecule has 1 aromatic carbocycles. The van der Waals surface area contributed by atoms with Crippen molar-refractivity contribution in [2.75, 3.05) is 27.2 Å². The molecule has 0 atom stereocenters. The van der Waals surface area contributed by atoms with E-state index in [0.717, 1.165) is 29.0 Å². The zero-order chi connectivity index (χ0) is 16.7. The van der Waals surface area contributed by atoms with Crippen LogP contribution in [0.2, 0.25) is 0 Å². The van der Waals surface area contributed by atoms with E-state index in [1.165, 1.54) is 4.88 Å². The highest BCUT2D eigenvalue weighted by Gasteiger charge is 2.08. The third-order valence-corrected chi connectivity index (χ3v) is 4.56. The van der Waals surface area contributed by atoms with Gasteiger partial charge in [-0.1, -0.05) is 18.2 Å². The van der Waals surface area contributed by atoms with Gasteiger partial charge in [-0.15, -0.1) is 11.3 Å². The average molecular weight is 332 g/mol. The topological polar surface area (TPSA) is 49.8 Å². The van der Waals surface area contributed by atoms with Crippen molar-refractivity contribution in [3.05, 3.63) is 45.9 Å². The van der Waals surface area contributed by atoms with Crippen LogP contribution in [0.1, 0.15) is 15.6 Å². The Morgan fingerprint density at radius 3 is 2.65 bits per heavy atom. The molecule has 0 amide bonds. The number of thiazole rings is 1. The lowest BCUT2D eigenvalue weighted by Gasteiger charge is -2.21. The highest BCUT2D eigenvalue weighted by molar-refractivity contribution is 7.11. The van der Waals surface area contributed by atoms with E-state index < -0.39 is 0 Å². The molecule has 0 saturated carbocycles. The SMILES string of the molecule is CN=C(NCc1nc(C)c(C)s1)N(C)CCOc1ccccc1. The summed E-state index contributed by atoms with van der Waals surface area (Å²) in [6.45, 7) is 6.19. The van der Waals surface area contributed by atoms with Gasteiger partial charge in [-0.3, -0.25) is 4.99 Å². The van der Waals surface area contributed by atoms with Crippen molar-refractivity contribution >= 4 is 17.3 Å². The molecule has 5 nitrogen and oxygen atoms in total. The number of hydrogen-bond acceptors (Lipinski definition) is 4. The van der Waals surface area contributed by atoms with Gasteiger partial charge >= 0.3 is 0 Å². The maximum Gasteiger partial charge on any atom is 0.193 e. The fourth-order valence-corrected chi connectivity index (χ4v) is 2.95. The van der Waals surface area contributed by atoms with E-state index in [1.54, 1.807) is 18.4 Å². The number of aryl methyl sites for hydroxylation is 2. The summed E-state index contributed by atoms with van der Waals surface area (Å²) in [5.74, 6) is 1.73. The number of rotatable bonds is 6. The van der Waals surface area contributed by atoms with Gasteiger partial charge in [-0.05, 0) is 26.0 Å². The third kappa shape index (κ3) is 5.25. The molecule has 23 heavy (non-hydrogen) atoms. The Morgan fingerprint density at radius 2 is 2.04 bits per heavy atom. The minimum atomic E-state index is 0.608. The molecule has 0 bridgehead atoms. The quantitative estimate of drug-likeness (QED) is 0.653. The number of hydrogen-bond donors (Lipinski definition) is 1. The second-order valence-corrected chi connectivity index (χ2v) is 6.52. The van der Waals surface area contributed by atoms with Crippen LogP contribution in [0.4, 0.5) is 0 Å². The van der Waals surface area contributed by atoms with E-state index in [0.29, 0.717) is 13.2 Å². The lowest BCUT2D eigenvalue weighted by molar-refractivity contribution is 0.281. The first-order chi connectivity index (χ1) is 11.1. The van der Waals surface area contributed by atoms with Crippen LogP contribution in [-0.4, -0.2) is 43.1 Å². The van der Waals surface area contributed by atoms with Crippen molar-refractivity contribution in [3.8, 4) is 5.75 Å². The molecule has 1 aromatic heterocycles. The standard InChI is InChI=1S/C17H24N4OS/c1-13-14(2)23-16(20-13)12-19-17(18-3)21(4)10-11-22-15-8-6-5-7-9-15/h5-9H,10-12H2,1-4H3,(H,18,19). The Kier molecular flexibility index (Phi) is 6.40. The minimum absolute atomic E-state index is 0.608. The second kappa shape index (κ2) is 8.53. The van der Waals surface area contributed by atoms with Crippen LogP contribution in [0.3, 0.4) is 0 Å². The number of aromatic nitrogens is 1. The van der Waals surface area contributed by atoms with Gasteiger partial charge in [-0.25, -0.2) is 4.98 Å². The van der Waals surface area contributed by atoms with Gasteiger partial charge in [0.1, 0.15) is 17.4 Å². The van der Waals surface area contributed by atoms with Crippen LogP contribution in [0.25, 0.3) is 0 Å². The van der Waals surface area contributed by atoms with Crippen molar-refractivity contribution in [2.24, 2.45) is 4.99 Å². The molecule has 2 rings (SSSR count). The molecule has 2 aromatic rings. The van der Waals surface area contributed by atoms with E-state index in [-0.39, 0.29) is 0 Å². The number of nitrogens with zero attached hydrogens (tertiary/aromatic N) is 3. The van der Waals surface area contributed by atoms with Crippen molar-refractivity contribution < 1.29 is 4.74 Å². The fourth-order valence-electron chi connectivity index (χ4n) is 2.08. The lowest BCUT2D eigenvalue weighted by Crippen LogP contribution is -2.40. The number of para-hydroxylation sites is 1. The van der Waals surface area contributed by atoms with E-state index >= 15 is 0 Å². The van der Waals surface area contributed by atoms with E-state index in [2.05, 4.69) is 27.1 Å². The zero-order valence-electron chi connectivity index (χ0n) is 14.2. The summed E-state index contributed by atoms with van der Waals surface area (Å²) in [6, 6.07) is 9.84. The van der Waals surface area contributed by atoms with Crippen LogP contribution in [0, 0.1) is 13.8 Å². The maximum atomic E-state index is 5.72. The molecule has 0 aliphatic carbocycles. The van der Waals surface area contributed by atoms with E-state index in [9.17, 15) is 0 Å². The number of guanidine groups is 1. The first-order valence-corrected chi connectivity index (χ1v) is 8.44. The number of ether oxygens (including phenoxy) is 1. The van der Waals surface area contributed by atoms with E-state index in [1.807, 2.05) is 44.3 Å². The molecule has 0 aliphatic heterocycles. The van der Waals surface area contributed by atoms with Gasteiger partial charge in [0.15, 0.2) is 5.96 Å². The Balaban J connectivity index is 1.78. The van der Waals surface area contributed by atoms with Gasteiger partial charge in [0.05, 0.1) is 18.8 Å². The number of nitrogens with one attached hydrogen (secondary N) is 1. The summed E-state index contributed by atoms with van der Waals surface area (Å²) in [5, 5.41) is 4.42. The third-order valence-electron chi connectivity index (χ3n) is 3.48. The molecule has 0 spiro atoms. The highest BCUT2D eigenvalue weighted by Crippen LogP contribution is 2.16. The number of likely N-dealkylation sites (N-methyl/N-ethyl adjacent to an activating group) is 1. The smallest absolute Gasteiger partial charge is 0.193 e. The number of benzene rings is 1. The molecule has 124 valence electrons. The first kappa shape index (κ1) is 17.3. The summed E-state index contributed by atoms with van der Waals surface area (Å²) in [5.41, 5.74) is 1.10. The van der Waals surface area contributed by atoms with Crippen LogP contribution >= 0.6 is 11.3 Å². The van der Waals surface area contributed by atoms with Crippen molar-refractivity contribution in [1.82, 2.24) is 15.2 Å². The second-order valence-electron chi connectivity index (χ2n) is 5.23. The summed E-state index contributed by atoms with van der Waals surface area (Å²) in [6.07, 6.45) is 0. The highest BCUT2D eigenvalue weighted by atomic mass is 32.1. The van der Waals surface area contributed by atoms with Gasteiger partial charge in [0.2, 0.25) is 0 Å². The monoisotopic (exact) mass is 332 g/mol. The molecule has 1 N–H and O–H groups in total. The summed E-state index contributed by atoms with van der Waals surface area (Å²) in [7, 11) is 3.79. The molecule has 0 unspecified atom stereocenters. The van der Waals surface area contributed by atoms with Crippen LogP contribution in [0.15, 0.2) is 35.3 Å². The molecule has 0 radical (unpaired) electrons. The molecule has 0 fully saturated rings. The fraction of sp³-hybridized carbons (Fsp3) is 0.412. The molecular weight excluding hydrogens is 308 g/mol. The summed E-state index contributed by atoms with van der Waals surface area (Å²) < 4.78 is 5.72. The zero-order valence-corrected chi connectivity index (χ0v) is 15.0. The largest absolute Gasteiger partial charge is 0.492 e. The van der Waals surface area contributed by atoms with Crippen molar-refractivity contribution in [2.45, 2.75) is 20.4 Å². The molecular formula is C17H24N4OS. The van der Waals surface area contributed by atoms with Gasteiger partial charge in [0, 0.05) is 19.0 Å². The van der Waals surface area contributed by atoms with E-state index in [4.69, 9.17) is 4.74 Å². The predicted octanol–water partition coefficient (Wildman–Crippen LogP) is 2.85. The van der Waals surface area contributed by atoms with Gasteiger partial charge < -0.3 is 15.0 Å². The normalized spacial score (nSPS) is 11.4. The summed E-state index contributed by atoms with van der Waals surface area (Å²) >= 11 is 1.72. The predicted molar refractivity (Wildman–Crippen MR) is 96.4 cm³/mol. The van der Waals surface area contributed by atoms with Crippen molar-refractivity contribution in [1.29, 1.82) is 0 Å². The van der Waals surface area contributed by atoms with Gasteiger partial charge in [-0.2, -0.15) is 0 Å². The average Bonchev–Trinajstić information content (AvgIpc) is 2.87. The Morgan fingerprint density at radius 1 is 1.30 bits per heavy atom. The molecule has 0 saturated heterocycles. The van der Waals surface area contributed by atoms with Crippen molar-refractivity contribution in [3.63, 3.8) is 0 Å². The lowest BCUT2D eigenvalue weighted by atomic mass is 10.3. The molecule has 6 heteroatoms.